The molecule has 0 spiro atoms. The summed E-state index contributed by atoms with van der Waals surface area (Å²) in [5, 5.41) is 0. The lowest BCUT2D eigenvalue weighted by Gasteiger charge is -2.10. The molecule has 0 aliphatic heterocycles. The predicted molar refractivity (Wildman–Crippen MR) is 51.2 cm³/mol. The van der Waals surface area contributed by atoms with Crippen LogP contribution in [-0.4, -0.2) is 5.91 Å². The first-order chi connectivity index (χ1) is 6.20. The maximum atomic E-state index is 11.1. The van der Waals surface area contributed by atoms with Gasteiger partial charge in [0.2, 0.25) is 5.91 Å². The first-order valence-electron chi connectivity index (χ1n) is 4.57. The fourth-order valence-electron chi connectivity index (χ4n) is 2.14. The highest BCUT2D eigenvalue weighted by molar-refractivity contribution is 5.79. The third-order valence-corrected chi connectivity index (χ3v) is 2.95. The molecule has 1 aromatic carbocycles. The monoisotopic (exact) mass is 175 g/mol. The highest BCUT2D eigenvalue weighted by Crippen LogP contribution is 2.36. The molecule has 2 atom stereocenters. The van der Waals surface area contributed by atoms with E-state index < -0.39 is 0 Å². The summed E-state index contributed by atoms with van der Waals surface area (Å²) in [6.07, 6.45) is 0.812. The van der Waals surface area contributed by atoms with Crippen molar-refractivity contribution in [2.75, 3.05) is 0 Å². The molecule has 13 heavy (non-hydrogen) atoms. The van der Waals surface area contributed by atoms with Crippen LogP contribution in [-0.2, 0) is 11.2 Å². The van der Waals surface area contributed by atoms with Crippen molar-refractivity contribution in [3.8, 4) is 0 Å². The lowest BCUT2D eigenvalue weighted by molar-refractivity contribution is -0.122. The Hall–Kier alpha value is -1.31. The normalized spacial score (nSPS) is 25.6. The summed E-state index contributed by atoms with van der Waals surface area (Å²) in [6.45, 7) is 2.07. The molecule has 0 bridgehead atoms. The van der Waals surface area contributed by atoms with Crippen molar-refractivity contribution in [1.82, 2.24) is 0 Å². The van der Waals surface area contributed by atoms with E-state index in [0.717, 1.165) is 6.42 Å². The van der Waals surface area contributed by atoms with Crippen LogP contribution in [0.15, 0.2) is 24.3 Å². The lowest BCUT2D eigenvalue weighted by atomic mass is 9.94. The van der Waals surface area contributed by atoms with E-state index in [0.29, 0.717) is 0 Å². The largest absolute Gasteiger partial charge is 0.369 e. The van der Waals surface area contributed by atoms with Crippen LogP contribution in [0.4, 0.5) is 0 Å². The number of benzene rings is 1. The summed E-state index contributed by atoms with van der Waals surface area (Å²) in [5.41, 5.74) is 7.89. The Balaban J connectivity index is 2.38. The number of amides is 1. The highest BCUT2D eigenvalue weighted by Gasteiger charge is 2.32. The van der Waals surface area contributed by atoms with Crippen LogP contribution in [0.3, 0.4) is 0 Å². The van der Waals surface area contributed by atoms with Gasteiger partial charge >= 0.3 is 0 Å². The Labute approximate surface area is 77.8 Å². The number of hydrogen-bond donors (Lipinski definition) is 1. The minimum absolute atomic E-state index is 0.00241. The second kappa shape index (κ2) is 2.87. The van der Waals surface area contributed by atoms with Gasteiger partial charge in [-0.15, -0.1) is 0 Å². The van der Waals surface area contributed by atoms with Gasteiger partial charge in [0.05, 0.1) is 0 Å². The quantitative estimate of drug-likeness (QED) is 0.689. The second-order valence-electron chi connectivity index (χ2n) is 3.70. The third-order valence-electron chi connectivity index (χ3n) is 2.95. The van der Waals surface area contributed by atoms with Gasteiger partial charge in [0.25, 0.3) is 0 Å². The van der Waals surface area contributed by atoms with Gasteiger partial charge in [0.15, 0.2) is 0 Å². The minimum atomic E-state index is -0.177. The van der Waals surface area contributed by atoms with E-state index in [-0.39, 0.29) is 17.7 Å². The summed E-state index contributed by atoms with van der Waals surface area (Å²) in [4.78, 5) is 11.1. The number of rotatable bonds is 1. The zero-order chi connectivity index (χ0) is 9.42. The van der Waals surface area contributed by atoms with Crippen molar-refractivity contribution in [2.24, 2.45) is 11.7 Å². The Bertz CT molecular complexity index is 346. The van der Waals surface area contributed by atoms with Gasteiger partial charge in [-0.25, -0.2) is 0 Å². The third kappa shape index (κ3) is 1.22. The molecule has 1 aliphatic rings. The number of fused-ring (bicyclic) bond motifs is 1. The Morgan fingerprint density at radius 3 is 2.77 bits per heavy atom. The summed E-state index contributed by atoms with van der Waals surface area (Å²) in [5.74, 6) is 0.106. The van der Waals surface area contributed by atoms with Crippen molar-refractivity contribution in [2.45, 2.75) is 19.3 Å². The summed E-state index contributed by atoms with van der Waals surface area (Å²) >= 11 is 0. The molecule has 2 nitrogen and oxygen atoms in total. The molecule has 2 N–H and O–H groups in total. The van der Waals surface area contributed by atoms with Crippen molar-refractivity contribution in [3.05, 3.63) is 35.4 Å². The summed E-state index contributed by atoms with van der Waals surface area (Å²) < 4.78 is 0. The maximum absolute atomic E-state index is 11.1. The Morgan fingerprint density at radius 2 is 2.15 bits per heavy atom. The maximum Gasteiger partial charge on any atom is 0.221 e. The van der Waals surface area contributed by atoms with Crippen molar-refractivity contribution >= 4 is 5.91 Å². The van der Waals surface area contributed by atoms with Gasteiger partial charge in [-0.2, -0.15) is 0 Å². The molecule has 0 radical (unpaired) electrons. The van der Waals surface area contributed by atoms with Gasteiger partial charge in [-0.05, 0) is 23.5 Å². The van der Waals surface area contributed by atoms with E-state index in [2.05, 4.69) is 19.1 Å². The summed E-state index contributed by atoms with van der Waals surface area (Å²) in [7, 11) is 0. The predicted octanol–water partition coefficient (Wildman–Crippen LogP) is 1.45. The molecule has 1 unspecified atom stereocenters. The Morgan fingerprint density at radius 1 is 1.46 bits per heavy atom. The number of nitrogens with two attached hydrogens (primary N) is 1. The SMILES string of the molecule is C[C@@H]1c2ccccc2CC1C(N)=O. The molecular formula is C11H13NO. The minimum Gasteiger partial charge on any atom is -0.369 e. The standard InChI is InChI=1S/C11H13NO/c1-7-9-5-3-2-4-8(9)6-10(7)11(12)13/h2-5,7,10H,6H2,1H3,(H2,12,13)/t7-,10?/m1/s1. The van der Waals surface area contributed by atoms with E-state index in [1.54, 1.807) is 0 Å². The zero-order valence-electron chi connectivity index (χ0n) is 7.66. The van der Waals surface area contributed by atoms with Gasteiger partial charge < -0.3 is 5.73 Å². The molecule has 0 saturated carbocycles. The van der Waals surface area contributed by atoms with Crippen molar-refractivity contribution in [1.29, 1.82) is 0 Å². The molecule has 1 amide bonds. The van der Waals surface area contributed by atoms with Gasteiger partial charge in [-0.1, -0.05) is 31.2 Å². The smallest absolute Gasteiger partial charge is 0.221 e. The molecule has 1 aliphatic carbocycles. The highest BCUT2D eigenvalue weighted by atomic mass is 16.1. The summed E-state index contributed by atoms with van der Waals surface area (Å²) in [6, 6.07) is 8.19. The van der Waals surface area contributed by atoms with Crippen LogP contribution in [0.5, 0.6) is 0 Å². The van der Waals surface area contributed by atoms with Crippen LogP contribution in [0.1, 0.15) is 24.0 Å². The van der Waals surface area contributed by atoms with E-state index in [1.165, 1.54) is 11.1 Å². The number of hydrogen-bond acceptors (Lipinski definition) is 1. The molecule has 0 heterocycles. The molecule has 68 valence electrons. The number of carbonyl (C=O) groups is 1. The van der Waals surface area contributed by atoms with E-state index in [4.69, 9.17) is 5.73 Å². The van der Waals surface area contributed by atoms with Gasteiger partial charge in [-0.3, -0.25) is 4.79 Å². The molecule has 1 aromatic rings. The van der Waals surface area contributed by atoms with Crippen LogP contribution in [0.25, 0.3) is 0 Å². The van der Waals surface area contributed by atoms with Gasteiger partial charge in [0, 0.05) is 5.92 Å². The van der Waals surface area contributed by atoms with E-state index >= 15 is 0 Å². The molecular weight excluding hydrogens is 162 g/mol. The number of primary amides is 1. The Kier molecular flexibility index (Phi) is 1.83. The van der Waals surface area contributed by atoms with Crippen LogP contribution >= 0.6 is 0 Å². The molecule has 0 fully saturated rings. The van der Waals surface area contributed by atoms with Crippen molar-refractivity contribution < 1.29 is 4.79 Å². The van der Waals surface area contributed by atoms with E-state index in [9.17, 15) is 4.79 Å². The van der Waals surface area contributed by atoms with Crippen LogP contribution in [0.2, 0.25) is 0 Å². The number of carbonyl (C=O) groups excluding carboxylic acids is 1. The zero-order valence-corrected chi connectivity index (χ0v) is 7.66. The fraction of sp³-hybridized carbons (Fsp3) is 0.364. The molecule has 2 heteroatoms. The average molecular weight is 175 g/mol. The first-order valence-corrected chi connectivity index (χ1v) is 4.57. The first kappa shape index (κ1) is 8.30. The topological polar surface area (TPSA) is 43.1 Å². The molecule has 0 aromatic heterocycles. The fourth-order valence-corrected chi connectivity index (χ4v) is 2.14. The second-order valence-corrected chi connectivity index (χ2v) is 3.70. The average Bonchev–Trinajstić information content (AvgIpc) is 2.45. The lowest BCUT2D eigenvalue weighted by Crippen LogP contribution is -2.25. The van der Waals surface area contributed by atoms with E-state index in [1.807, 2.05) is 12.1 Å². The molecule has 2 rings (SSSR count). The molecule has 0 saturated heterocycles. The van der Waals surface area contributed by atoms with Gasteiger partial charge in [0.1, 0.15) is 0 Å². The van der Waals surface area contributed by atoms with Crippen molar-refractivity contribution in [3.63, 3.8) is 0 Å². The van der Waals surface area contributed by atoms with Crippen LogP contribution in [0, 0.1) is 5.92 Å². The van der Waals surface area contributed by atoms with Crippen LogP contribution < -0.4 is 5.73 Å².